The van der Waals surface area contributed by atoms with Crippen LogP contribution in [-0.4, -0.2) is 11.1 Å². The van der Waals surface area contributed by atoms with E-state index in [2.05, 4.69) is 15.9 Å². The Kier molecular flexibility index (Phi) is 3.75. The second-order valence-corrected chi connectivity index (χ2v) is 4.15. The van der Waals surface area contributed by atoms with Crippen molar-refractivity contribution in [3.8, 4) is 5.75 Å². The van der Waals surface area contributed by atoms with Gasteiger partial charge in [-0.05, 0) is 43.5 Å². The lowest BCUT2D eigenvalue weighted by molar-refractivity contribution is 0.474. The van der Waals surface area contributed by atoms with Crippen LogP contribution in [0.4, 0.5) is 0 Å². The molecule has 72 valence electrons. The van der Waals surface area contributed by atoms with Gasteiger partial charge in [-0.25, -0.2) is 0 Å². The van der Waals surface area contributed by atoms with E-state index in [1.54, 1.807) is 12.1 Å². The van der Waals surface area contributed by atoms with Gasteiger partial charge in [0, 0.05) is 10.5 Å². The van der Waals surface area contributed by atoms with Crippen LogP contribution in [-0.2, 0) is 6.42 Å². The summed E-state index contributed by atoms with van der Waals surface area (Å²) < 4.78 is 1.03. The maximum atomic E-state index is 9.25. The van der Waals surface area contributed by atoms with Gasteiger partial charge in [-0.2, -0.15) is 0 Å². The summed E-state index contributed by atoms with van der Waals surface area (Å²) in [4.78, 5) is 0. The number of phenols is 1. The third kappa shape index (κ3) is 3.36. The molecule has 1 unspecified atom stereocenters. The third-order valence-electron chi connectivity index (χ3n) is 1.90. The van der Waals surface area contributed by atoms with Crippen LogP contribution in [0.2, 0.25) is 0 Å². The van der Waals surface area contributed by atoms with Crippen LogP contribution in [0.3, 0.4) is 0 Å². The highest BCUT2D eigenvalue weighted by Crippen LogP contribution is 2.22. The summed E-state index contributed by atoms with van der Waals surface area (Å²) in [6, 6.07) is 5.49. The molecule has 0 aliphatic rings. The van der Waals surface area contributed by atoms with E-state index in [1.807, 2.05) is 13.0 Å². The van der Waals surface area contributed by atoms with E-state index in [-0.39, 0.29) is 6.04 Å². The Morgan fingerprint density at radius 2 is 2.23 bits per heavy atom. The number of hydrogen-bond acceptors (Lipinski definition) is 2. The molecule has 0 saturated carbocycles. The van der Waals surface area contributed by atoms with Crippen LogP contribution in [0, 0.1) is 0 Å². The highest BCUT2D eigenvalue weighted by atomic mass is 79.9. The monoisotopic (exact) mass is 243 g/mol. The molecule has 1 rings (SSSR count). The first kappa shape index (κ1) is 10.5. The Bertz CT molecular complexity index is 286. The topological polar surface area (TPSA) is 46.2 Å². The summed E-state index contributed by atoms with van der Waals surface area (Å²) in [6.07, 6.45) is 1.83. The fourth-order valence-corrected chi connectivity index (χ4v) is 1.58. The predicted molar refractivity (Wildman–Crippen MR) is 57.8 cm³/mol. The van der Waals surface area contributed by atoms with Crippen molar-refractivity contribution in [2.45, 2.75) is 25.8 Å². The molecule has 0 amide bonds. The maximum Gasteiger partial charge on any atom is 0.115 e. The zero-order chi connectivity index (χ0) is 9.84. The van der Waals surface area contributed by atoms with Crippen LogP contribution in [0.1, 0.15) is 18.9 Å². The number of rotatable bonds is 3. The molecule has 0 bridgehead atoms. The van der Waals surface area contributed by atoms with Crippen molar-refractivity contribution in [3.05, 3.63) is 28.2 Å². The summed E-state index contributed by atoms with van der Waals surface area (Å²) in [6.45, 7) is 1.98. The Labute approximate surface area is 86.9 Å². The number of aromatic hydroxyl groups is 1. The maximum absolute atomic E-state index is 9.25. The number of halogens is 1. The van der Waals surface area contributed by atoms with E-state index >= 15 is 0 Å². The Hall–Kier alpha value is -0.540. The quantitative estimate of drug-likeness (QED) is 0.857. The summed E-state index contributed by atoms with van der Waals surface area (Å²) in [5.74, 6) is 0.308. The van der Waals surface area contributed by atoms with Gasteiger partial charge in [0.15, 0.2) is 0 Å². The summed E-state index contributed by atoms with van der Waals surface area (Å²) in [5, 5.41) is 9.25. The van der Waals surface area contributed by atoms with Crippen LogP contribution < -0.4 is 5.73 Å². The standard InChI is InChI=1S/C10H14BrNO/c1-7(12)2-3-8-6-9(13)4-5-10(8)11/h4-7,13H,2-3,12H2,1H3. The average molecular weight is 244 g/mol. The van der Waals surface area contributed by atoms with Gasteiger partial charge in [0.1, 0.15) is 5.75 Å². The van der Waals surface area contributed by atoms with Crippen molar-refractivity contribution >= 4 is 15.9 Å². The molecule has 3 heteroatoms. The molecule has 1 atom stereocenters. The lowest BCUT2D eigenvalue weighted by Crippen LogP contribution is -2.15. The molecule has 0 radical (unpaired) electrons. The molecular formula is C10H14BrNO. The van der Waals surface area contributed by atoms with E-state index < -0.39 is 0 Å². The second kappa shape index (κ2) is 4.63. The lowest BCUT2D eigenvalue weighted by Gasteiger charge is -2.07. The summed E-state index contributed by atoms with van der Waals surface area (Å²) in [5.41, 5.74) is 6.76. The molecule has 1 aromatic carbocycles. The molecule has 0 saturated heterocycles. The minimum atomic E-state index is 0.203. The normalized spacial score (nSPS) is 12.8. The highest BCUT2D eigenvalue weighted by molar-refractivity contribution is 9.10. The zero-order valence-corrected chi connectivity index (χ0v) is 9.21. The fourth-order valence-electron chi connectivity index (χ4n) is 1.14. The fraction of sp³-hybridized carbons (Fsp3) is 0.400. The van der Waals surface area contributed by atoms with E-state index in [1.165, 1.54) is 0 Å². The molecule has 0 heterocycles. The minimum Gasteiger partial charge on any atom is -0.508 e. The third-order valence-corrected chi connectivity index (χ3v) is 2.67. The van der Waals surface area contributed by atoms with E-state index in [0.29, 0.717) is 5.75 Å². The van der Waals surface area contributed by atoms with Gasteiger partial charge < -0.3 is 10.8 Å². The van der Waals surface area contributed by atoms with Crippen LogP contribution in [0.5, 0.6) is 5.75 Å². The Morgan fingerprint density at radius 1 is 1.54 bits per heavy atom. The SMILES string of the molecule is CC(N)CCc1cc(O)ccc1Br. The Balaban J connectivity index is 2.70. The number of aryl methyl sites for hydroxylation is 1. The van der Waals surface area contributed by atoms with Crippen molar-refractivity contribution in [1.82, 2.24) is 0 Å². The molecule has 0 spiro atoms. The predicted octanol–water partition coefficient (Wildman–Crippen LogP) is 2.43. The molecule has 0 aliphatic carbocycles. The largest absolute Gasteiger partial charge is 0.508 e. The van der Waals surface area contributed by atoms with Crippen LogP contribution >= 0.6 is 15.9 Å². The smallest absolute Gasteiger partial charge is 0.115 e. The van der Waals surface area contributed by atoms with Gasteiger partial charge in [-0.3, -0.25) is 0 Å². The molecule has 0 aromatic heterocycles. The first-order valence-electron chi connectivity index (χ1n) is 4.32. The number of hydrogen-bond donors (Lipinski definition) is 2. The van der Waals surface area contributed by atoms with Crippen LogP contribution in [0.25, 0.3) is 0 Å². The van der Waals surface area contributed by atoms with Crippen molar-refractivity contribution in [2.24, 2.45) is 5.73 Å². The molecule has 3 N–H and O–H groups in total. The van der Waals surface area contributed by atoms with Gasteiger partial charge >= 0.3 is 0 Å². The van der Waals surface area contributed by atoms with Gasteiger partial charge in [-0.15, -0.1) is 0 Å². The average Bonchev–Trinajstić information content (AvgIpc) is 2.06. The first-order chi connectivity index (χ1) is 6.09. The summed E-state index contributed by atoms with van der Waals surface area (Å²) in [7, 11) is 0. The highest BCUT2D eigenvalue weighted by Gasteiger charge is 2.02. The molecule has 0 aliphatic heterocycles. The molecule has 13 heavy (non-hydrogen) atoms. The number of nitrogens with two attached hydrogens (primary N) is 1. The minimum absolute atomic E-state index is 0.203. The van der Waals surface area contributed by atoms with Gasteiger partial charge in [-0.1, -0.05) is 15.9 Å². The first-order valence-corrected chi connectivity index (χ1v) is 5.12. The van der Waals surface area contributed by atoms with Gasteiger partial charge in [0.05, 0.1) is 0 Å². The van der Waals surface area contributed by atoms with E-state index in [0.717, 1.165) is 22.9 Å². The summed E-state index contributed by atoms with van der Waals surface area (Å²) >= 11 is 3.43. The number of benzene rings is 1. The Morgan fingerprint density at radius 3 is 2.85 bits per heavy atom. The lowest BCUT2D eigenvalue weighted by atomic mass is 10.1. The molecule has 2 nitrogen and oxygen atoms in total. The number of phenolic OH excluding ortho intramolecular Hbond substituents is 1. The van der Waals surface area contributed by atoms with Gasteiger partial charge in [0.2, 0.25) is 0 Å². The second-order valence-electron chi connectivity index (χ2n) is 3.29. The van der Waals surface area contributed by atoms with E-state index in [4.69, 9.17) is 5.73 Å². The van der Waals surface area contributed by atoms with Gasteiger partial charge in [0.25, 0.3) is 0 Å². The van der Waals surface area contributed by atoms with Crippen molar-refractivity contribution in [3.63, 3.8) is 0 Å². The zero-order valence-electron chi connectivity index (χ0n) is 7.63. The molecule has 1 aromatic rings. The van der Waals surface area contributed by atoms with Crippen LogP contribution in [0.15, 0.2) is 22.7 Å². The van der Waals surface area contributed by atoms with Crippen molar-refractivity contribution in [2.75, 3.05) is 0 Å². The molecule has 0 fully saturated rings. The van der Waals surface area contributed by atoms with Crippen molar-refractivity contribution in [1.29, 1.82) is 0 Å². The van der Waals surface area contributed by atoms with Crippen molar-refractivity contribution < 1.29 is 5.11 Å². The molecular weight excluding hydrogens is 230 g/mol. The van der Waals surface area contributed by atoms with E-state index in [9.17, 15) is 5.11 Å².